The van der Waals surface area contributed by atoms with Crippen LogP contribution in [0, 0.1) is 5.82 Å². The maximum absolute atomic E-state index is 13.9. The van der Waals surface area contributed by atoms with Gasteiger partial charge in [0, 0.05) is 22.7 Å². The molecule has 1 aliphatic rings. The number of hydrogen-bond acceptors (Lipinski definition) is 6. The van der Waals surface area contributed by atoms with E-state index in [0.717, 1.165) is 76.0 Å². The number of hydrogen-bond donors (Lipinski definition) is 3. The minimum absolute atomic E-state index is 0.189. The lowest BCUT2D eigenvalue weighted by molar-refractivity contribution is 0.162. The van der Waals surface area contributed by atoms with Gasteiger partial charge in [-0.2, -0.15) is 5.10 Å². The molecule has 2 aromatic carbocycles. The Kier molecular flexibility index (Phi) is 5.55. The molecular weight excluding hydrogens is 481 g/mol. The number of pyridine rings is 2. The molecule has 0 aliphatic carbocycles. The zero-order valence-corrected chi connectivity index (χ0v) is 20.4. The Labute approximate surface area is 217 Å². The van der Waals surface area contributed by atoms with Crippen molar-refractivity contribution in [2.24, 2.45) is 0 Å². The molecule has 9 heteroatoms. The number of nitrogens with zero attached hydrogens (tertiary/aromatic N) is 4. The van der Waals surface area contributed by atoms with E-state index in [2.05, 4.69) is 30.5 Å². The van der Waals surface area contributed by atoms with Gasteiger partial charge in [0.2, 0.25) is 0 Å². The van der Waals surface area contributed by atoms with Gasteiger partial charge in [0.1, 0.15) is 23.4 Å². The highest BCUT2D eigenvalue weighted by Gasteiger charge is 2.18. The number of H-pyrrole nitrogens is 2. The van der Waals surface area contributed by atoms with Crippen LogP contribution in [-0.4, -0.2) is 49.3 Å². The second kappa shape index (κ2) is 9.35. The number of aromatic nitrogens is 6. The highest BCUT2D eigenvalue weighted by Crippen LogP contribution is 2.33. The Bertz CT molecular complexity index is 1770. The third-order valence-electron chi connectivity index (χ3n) is 6.92. The molecule has 188 valence electrons. The molecule has 0 bridgehead atoms. The SMILES string of the molecule is Fc1cccc(-c2cccc3[nH]c(-c4n[nH]c5cnc(-c6cncc(OC7CCNCC7)c6)cc45)nc23)c1. The molecule has 6 aromatic rings. The Hall–Kier alpha value is -4.63. The van der Waals surface area contributed by atoms with Crippen molar-refractivity contribution in [1.82, 2.24) is 35.5 Å². The Morgan fingerprint density at radius 1 is 0.895 bits per heavy atom. The molecule has 0 radical (unpaired) electrons. The number of para-hydroxylation sites is 1. The Morgan fingerprint density at radius 2 is 1.79 bits per heavy atom. The summed E-state index contributed by atoms with van der Waals surface area (Å²) in [5.41, 5.74) is 6.33. The van der Waals surface area contributed by atoms with E-state index in [1.54, 1.807) is 24.7 Å². The summed E-state index contributed by atoms with van der Waals surface area (Å²) in [5, 5.41) is 11.8. The molecule has 1 fully saturated rings. The molecule has 0 unspecified atom stereocenters. The maximum atomic E-state index is 13.9. The first-order chi connectivity index (χ1) is 18.7. The lowest BCUT2D eigenvalue weighted by Crippen LogP contribution is -2.34. The van der Waals surface area contributed by atoms with Gasteiger partial charge in [0.25, 0.3) is 0 Å². The number of ether oxygens (including phenoxy) is 1. The van der Waals surface area contributed by atoms with Gasteiger partial charge < -0.3 is 15.0 Å². The fraction of sp³-hybridized carbons (Fsp3) is 0.172. The largest absolute Gasteiger partial charge is 0.489 e. The predicted molar refractivity (Wildman–Crippen MR) is 144 cm³/mol. The van der Waals surface area contributed by atoms with Crippen LogP contribution in [-0.2, 0) is 0 Å². The molecule has 4 aromatic heterocycles. The third kappa shape index (κ3) is 4.16. The normalized spacial score (nSPS) is 14.3. The van der Waals surface area contributed by atoms with Crippen molar-refractivity contribution in [2.45, 2.75) is 18.9 Å². The average molecular weight is 506 g/mol. The molecule has 1 saturated heterocycles. The van der Waals surface area contributed by atoms with Gasteiger partial charge in [-0.05, 0) is 61.8 Å². The summed E-state index contributed by atoms with van der Waals surface area (Å²) >= 11 is 0. The van der Waals surface area contributed by atoms with Gasteiger partial charge in [-0.25, -0.2) is 9.37 Å². The number of rotatable bonds is 5. The quantitative estimate of drug-likeness (QED) is 0.286. The maximum Gasteiger partial charge on any atom is 0.159 e. The minimum atomic E-state index is -0.284. The van der Waals surface area contributed by atoms with Gasteiger partial charge in [0.05, 0.1) is 34.6 Å². The van der Waals surface area contributed by atoms with E-state index in [9.17, 15) is 4.39 Å². The topological polar surface area (TPSA) is 104 Å². The molecule has 3 N–H and O–H groups in total. The van der Waals surface area contributed by atoms with E-state index in [0.29, 0.717) is 11.5 Å². The van der Waals surface area contributed by atoms with Crippen LogP contribution in [0.2, 0.25) is 0 Å². The summed E-state index contributed by atoms with van der Waals surface area (Å²) in [4.78, 5) is 17.3. The first-order valence-corrected chi connectivity index (χ1v) is 12.6. The summed E-state index contributed by atoms with van der Waals surface area (Å²) in [7, 11) is 0. The second-order valence-electron chi connectivity index (χ2n) is 9.46. The smallest absolute Gasteiger partial charge is 0.159 e. The fourth-order valence-corrected chi connectivity index (χ4v) is 5.02. The first-order valence-electron chi connectivity index (χ1n) is 12.6. The molecule has 5 heterocycles. The van der Waals surface area contributed by atoms with E-state index < -0.39 is 0 Å². The number of aromatic amines is 2. The van der Waals surface area contributed by atoms with Gasteiger partial charge in [-0.15, -0.1) is 0 Å². The summed E-state index contributed by atoms with van der Waals surface area (Å²) < 4.78 is 20.1. The Morgan fingerprint density at radius 3 is 2.68 bits per heavy atom. The predicted octanol–water partition coefficient (Wildman–Crippen LogP) is 5.50. The second-order valence-corrected chi connectivity index (χ2v) is 9.46. The lowest BCUT2D eigenvalue weighted by Gasteiger charge is -2.23. The zero-order valence-electron chi connectivity index (χ0n) is 20.4. The van der Waals surface area contributed by atoms with Crippen molar-refractivity contribution in [2.75, 3.05) is 13.1 Å². The molecule has 0 atom stereocenters. The van der Waals surface area contributed by atoms with Crippen LogP contribution in [0.25, 0.3) is 55.8 Å². The minimum Gasteiger partial charge on any atom is -0.489 e. The van der Waals surface area contributed by atoms with Gasteiger partial charge in [-0.1, -0.05) is 24.3 Å². The number of nitrogens with one attached hydrogen (secondary N) is 3. The fourth-order valence-electron chi connectivity index (χ4n) is 5.02. The third-order valence-corrected chi connectivity index (χ3v) is 6.92. The molecule has 38 heavy (non-hydrogen) atoms. The summed E-state index contributed by atoms with van der Waals surface area (Å²) in [5.74, 6) is 1.08. The van der Waals surface area contributed by atoms with Crippen molar-refractivity contribution in [1.29, 1.82) is 0 Å². The van der Waals surface area contributed by atoms with Crippen molar-refractivity contribution in [3.63, 3.8) is 0 Å². The highest BCUT2D eigenvalue weighted by atomic mass is 19.1. The van der Waals surface area contributed by atoms with Crippen LogP contribution in [0.15, 0.2) is 73.2 Å². The standard InChI is InChI=1S/C29H24FN7O/c30-19-4-1-3-17(11-19)22-5-2-6-24-27(22)35-29(34-24)28-23-13-25(33-16-26(23)36-37-28)18-12-21(15-32-14-18)38-20-7-9-31-10-8-20/h1-6,11-16,20,31H,7-10H2,(H,34,35)(H,36,37). The van der Waals surface area contributed by atoms with Crippen LogP contribution in [0.3, 0.4) is 0 Å². The number of halogens is 1. The van der Waals surface area contributed by atoms with E-state index in [1.165, 1.54) is 12.1 Å². The number of benzene rings is 2. The van der Waals surface area contributed by atoms with Gasteiger partial charge in [-0.3, -0.25) is 15.1 Å². The van der Waals surface area contributed by atoms with Gasteiger partial charge in [0.15, 0.2) is 5.82 Å². The number of piperidine rings is 1. The molecule has 7 rings (SSSR count). The van der Waals surface area contributed by atoms with Crippen LogP contribution < -0.4 is 10.1 Å². The molecule has 0 amide bonds. The van der Waals surface area contributed by atoms with Crippen molar-refractivity contribution >= 4 is 21.9 Å². The monoisotopic (exact) mass is 505 g/mol. The zero-order chi connectivity index (χ0) is 25.5. The highest BCUT2D eigenvalue weighted by molar-refractivity contribution is 5.97. The molecule has 8 nitrogen and oxygen atoms in total. The van der Waals surface area contributed by atoms with E-state index in [-0.39, 0.29) is 11.9 Å². The van der Waals surface area contributed by atoms with Gasteiger partial charge >= 0.3 is 0 Å². The van der Waals surface area contributed by atoms with Crippen LogP contribution in [0.5, 0.6) is 5.75 Å². The first kappa shape index (κ1) is 22.6. The lowest BCUT2D eigenvalue weighted by atomic mass is 10.0. The average Bonchev–Trinajstić information content (AvgIpc) is 3.57. The summed E-state index contributed by atoms with van der Waals surface area (Å²) in [6.07, 6.45) is 7.45. The molecule has 1 aliphatic heterocycles. The molecular formula is C29H24FN7O. The molecule has 0 spiro atoms. The van der Waals surface area contributed by atoms with E-state index in [1.807, 2.05) is 36.4 Å². The number of fused-ring (bicyclic) bond motifs is 2. The van der Waals surface area contributed by atoms with Crippen LogP contribution in [0.1, 0.15) is 12.8 Å². The summed E-state index contributed by atoms with van der Waals surface area (Å²) in [6.45, 7) is 1.93. The Balaban J connectivity index is 1.26. The van der Waals surface area contributed by atoms with E-state index in [4.69, 9.17) is 9.72 Å². The van der Waals surface area contributed by atoms with E-state index >= 15 is 0 Å². The van der Waals surface area contributed by atoms with Crippen molar-refractivity contribution < 1.29 is 9.13 Å². The summed E-state index contributed by atoms with van der Waals surface area (Å²) in [6, 6.07) is 16.3. The van der Waals surface area contributed by atoms with Crippen molar-refractivity contribution in [3.05, 3.63) is 79.0 Å². The van der Waals surface area contributed by atoms with Crippen molar-refractivity contribution in [3.8, 4) is 39.7 Å². The number of imidazole rings is 1. The molecule has 0 saturated carbocycles. The van der Waals surface area contributed by atoms with Crippen LogP contribution >= 0.6 is 0 Å². The van der Waals surface area contributed by atoms with Crippen LogP contribution in [0.4, 0.5) is 4.39 Å².